The van der Waals surface area contributed by atoms with Gasteiger partial charge in [-0.2, -0.15) is 4.31 Å². The van der Waals surface area contributed by atoms with Crippen LogP contribution in [0.5, 0.6) is 0 Å². The van der Waals surface area contributed by atoms with Crippen LogP contribution in [0.2, 0.25) is 0 Å². The first-order chi connectivity index (χ1) is 9.77. The average molecular weight is 316 g/mol. The number of hydrogen-bond donors (Lipinski definition) is 1. The van der Waals surface area contributed by atoms with E-state index in [1.54, 1.807) is 6.07 Å². The third-order valence-electron chi connectivity index (χ3n) is 3.44. The molecule has 0 bridgehead atoms. The molecule has 0 aromatic heterocycles. The van der Waals surface area contributed by atoms with Crippen LogP contribution in [0.25, 0.3) is 0 Å². The molecule has 0 spiro atoms. The van der Waals surface area contributed by atoms with E-state index in [2.05, 4.69) is 0 Å². The predicted octanol–water partition coefficient (Wildman–Crippen LogP) is 0.534. The van der Waals surface area contributed by atoms with Crippen LogP contribution in [0, 0.1) is 5.82 Å². The summed E-state index contributed by atoms with van der Waals surface area (Å²) in [7, 11) is -3.19. The molecule has 0 amide bonds. The van der Waals surface area contributed by atoms with E-state index in [1.807, 2.05) is 4.90 Å². The quantitative estimate of drug-likeness (QED) is 0.877. The first-order valence-corrected chi connectivity index (χ1v) is 8.32. The lowest BCUT2D eigenvalue weighted by atomic mass is 10.1. The zero-order valence-electron chi connectivity index (χ0n) is 11.6. The number of carboxylic acids is 1. The molecule has 1 N–H and O–H groups in total. The molecule has 1 aromatic rings. The van der Waals surface area contributed by atoms with Gasteiger partial charge in [-0.25, -0.2) is 12.8 Å². The molecular weight excluding hydrogens is 299 g/mol. The van der Waals surface area contributed by atoms with Gasteiger partial charge in [0, 0.05) is 37.4 Å². The highest BCUT2D eigenvalue weighted by molar-refractivity contribution is 7.88. The molecule has 21 heavy (non-hydrogen) atoms. The van der Waals surface area contributed by atoms with Gasteiger partial charge in [0.2, 0.25) is 10.0 Å². The number of sulfonamides is 1. The molecule has 0 radical (unpaired) electrons. The number of hydrogen-bond acceptors (Lipinski definition) is 4. The van der Waals surface area contributed by atoms with Crippen molar-refractivity contribution < 1.29 is 22.7 Å². The van der Waals surface area contributed by atoms with Gasteiger partial charge in [0.1, 0.15) is 5.82 Å². The second kappa shape index (κ2) is 5.98. The smallest absolute Gasteiger partial charge is 0.307 e. The Morgan fingerprint density at radius 2 is 1.90 bits per heavy atom. The molecule has 1 heterocycles. The number of carbonyl (C=O) groups is 1. The van der Waals surface area contributed by atoms with Crippen molar-refractivity contribution in [2.24, 2.45) is 0 Å². The molecule has 1 fully saturated rings. The highest BCUT2D eigenvalue weighted by Crippen LogP contribution is 2.21. The van der Waals surface area contributed by atoms with E-state index in [1.165, 1.54) is 22.7 Å². The number of rotatable bonds is 4. The average Bonchev–Trinajstić information content (AvgIpc) is 2.40. The summed E-state index contributed by atoms with van der Waals surface area (Å²) in [6, 6.07) is 4.34. The van der Waals surface area contributed by atoms with Crippen LogP contribution in [0.4, 0.5) is 10.1 Å². The van der Waals surface area contributed by atoms with Gasteiger partial charge < -0.3 is 10.0 Å². The Labute approximate surface area is 122 Å². The molecule has 0 atom stereocenters. The number of aliphatic carboxylic acids is 1. The number of halogens is 1. The zero-order chi connectivity index (χ0) is 15.6. The summed E-state index contributed by atoms with van der Waals surface area (Å²) in [6.45, 7) is 1.71. The molecule has 1 aromatic carbocycles. The highest BCUT2D eigenvalue weighted by atomic mass is 32.2. The second-order valence-electron chi connectivity index (χ2n) is 5.00. The van der Waals surface area contributed by atoms with Gasteiger partial charge >= 0.3 is 5.97 Å². The Morgan fingerprint density at radius 1 is 1.29 bits per heavy atom. The molecule has 0 saturated carbocycles. The van der Waals surface area contributed by atoms with E-state index in [0.717, 1.165) is 0 Å². The summed E-state index contributed by atoms with van der Waals surface area (Å²) in [5, 5.41) is 8.76. The molecule has 1 aliphatic heterocycles. The molecule has 8 heteroatoms. The first-order valence-electron chi connectivity index (χ1n) is 6.47. The zero-order valence-corrected chi connectivity index (χ0v) is 12.4. The molecule has 1 saturated heterocycles. The van der Waals surface area contributed by atoms with E-state index >= 15 is 0 Å². The molecule has 116 valence electrons. The molecular formula is C13H17FN2O4S. The first kappa shape index (κ1) is 15.7. The third kappa shape index (κ3) is 3.92. The van der Waals surface area contributed by atoms with Crippen LogP contribution in [0.3, 0.4) is 0 Å². The predicted molar refractivity (Wildman–Crippen MR) is 76.4 cm³/mol. The summed E-state index contributed by atoms with van der Waals surface area (Å²) in [5.41, 5.74) is 0.839. The fraction of sp³-hybridized carbons (Fsp3) is 0.462. The van der Waals surface area contributed by atoms with Gasteiger partial charge in [-0.05, 0) is 18.2 Å². The van der Waals surface area contributed by atoms with Crippen molar-refractivity contribution in [3.8, 4) is 0 Å². The Kier molecular flexibility index (Phi) is 4.48. The number of piperazine rings is 1. The summed E-state index contributed by atoms with van der Waals surface area (Å²) in [5.74, 6) is -1.64. The van der Waals surface area contributed by atoms with Crippen LogP contribution >= 0.6 is 0 Å². The summed E-state index contributed by atoms with van der Waals surface area (Å²) < 4.78 is 37.8. The molecule has 6 nitrogen and oxygen atoms in total. The monoisotopic (exact) mass is 316 g/mol. The number of carboxylic acid groups (broad SMARTS) is 1. The normalized spacial score (nSPS) is 17.0. The minimum Gasteiger partial charge on any atom is -0.481 e. The Balaban J connectivity index is 2.12. The number of benzene rings is 1. The van der Waals surface area contributed by atoms with Gasteiger partial charge in [-0.15, -0.1) is 0 Å². The van der Waals surface area contributed by atoms with Gasteiger partial charge in [0.25, 0.3) is 0 Å². The van der Waals surface area contributed by atoms with Crippen LogP contribution in [0.1, 0.15) is 5.56 Å². The number of nitrogens with zero attached hydrogens (tertiary/aromatic N) is 2. The lowest BCUT2D eigenvalue weighted by Crippen LogP contribution is -2.48. The van der Waals surface area contributed by atoms with Crippen LogP contribution in [0.15, 0.2) is 18.2 Å². The number of anilines is 1. The highest BCUT2D eigenvalue weighted by Gasteiger charge is 2.23. The molecule has 1 aliphatic rings. The fourth-order valence-electron chi connectivity index (χ4n) is 2.33. The van der Waals surface area contributed by atoms with Crippen LogP contribution < -0.4 is 4.90 Å². The van der Waals surface area contributed by atoms with Crippen molar-refractivity contribution in [2.45, 2.75) is 6.42 Å². The largest absolute Gasteiger partial charge is 0.481 e. The summed E-state index contributed by atoms with van der Waals surface area (Å²) >= 11 is 0. The van der Waals surface area contributed by atoms with Crippen LogP contribution in [-0.4, -0.2) is 56.2 Å². The van der Waals surface area contributed by atoms with Crippen molar-refractivity contribution in [1.29, 1.82) is 0 Å². The van der Waals surface area contributed by atoms with Crippen molar-refractivity contribution in [3.63, 3.8) is 0 Å². The Bertz CT molecular complexity index is 640. The fourth-order valence-corrected chi connectivity index (χ4v) is 3.16. The van der Waals surface area contributed by atoms with E-state index in [-0.39, 0.29) is 12.0 Å². The molecule has 2 rings (SSSR count). The lowest BCUT2D eigenvalue weighted by Gasteiger charge is -2.34. The molecule has 0 unspecified atom stereocenters. The van der Waals surface area contributed by atoms with Gasteiger partial charge in [-0.1, -0.05) is 0 Å². The SMILES string of the molecule is CS(=O)(=O)N1CCN(c2ccc(F)c(CC(=O)O)c2)CC1. The Hall–Kier alpha value is -1.67. The van der Waals surface area contributed by atoms with Crippen LogP contribution in [-0.2, 0) is 21.2 Å². The van der Waals surface area contributed by atoms with E-state index in [4.69, 9.17) is 5.11 Å². The molecule has 0 aliphatic carbocycles. The van der Waals surface area contributed by atoms with E-state index < -0.39 is 21.8 Å². The van der Waals surface area contributed by atoms with Crippen molar-refractivity contribution in [2.75, 3.05) is 37.3 Å². The van der Waals surface area contributed by atoms with E-state index in [9.17, 15) is 17.6 Å². The maximum absolute atomic E-state index is 13.5. The maximum atomic E-state index is 13.5. The third-order valence-corrected chi connectivity index (χ3v) is 4.75. The van der Waals surface area contributed by atoms with Gasteiger partial charge in [-0.3, -0.25) is 4.79 Å². The lowest BCUT2D eigenvalue weighted by molar-refractivity contribution is -0.136. The maximum Gasteiger partial charge on any atom is 0.307 e. The summed E-state index contributed by atoms with van der Waals surface area (Å²) in [4.78, 5) is 12.6. The topological polar surface area (TPSA) is 77.9 Å². The Morgan fingerprint density at radius 3 is 2.43 bits per heavy atom. The second-order valence-corrected chi connectivity index (χ2v) is 6.98. The minimum absolute atomic E-state index is 0.130. The van der Waals surface area contributed by atoms with Crippen molar-refractivity contribution in [1.82, 2.24) is 4.31 Å². The van der Waals surface area contributed by atoms with E-state index in [0.29, 0.717) is 31.9 Å². The minimum atomic E-state index is -3.19. The van der Waals surface area contributed by atoms with Gasteiger partial charge in [0.05, 0.1) is 12.7 Å². The van der Waals surface area contributed by atoms with Crippen molar-refractivity contribution in [3.05, 3.63) is 29.6 Å². The van der Waals surface area contributed by atoms with Gasteiger partial charge in [0.15, 0.2) is 0 Å². The standard InChI is InChI=1S/C13H17FN2O4S/c1-21(19,20)16-6-4-15(5-7-16)11-2-3-12(14)10(8-11)9-13(17)18/h2-3,8H,4-7,9H2,1H3,(H,17,18). The summed E-state index contributed by atoms with van der Waals surface area (Å²) in [6.07, 6.45) is 0.800. The van der Waals surface area contributed by atoms with Crippen molar-refractivity contribution >= 4 is 21.7 Å².